The van der Waals surface area contributed by atoms with Crippen molar-refractivity contribution < 1.29 is 13.2 Å². The fourth-order valence-electron chi connectivity index (χ4n) is 3.60. The molecule has 0 bridgehead atoms. The van der Waals surface area contributed by atoms with E-state index in [-0.39, 0.29) is 17.4 Å². The van der Waals surface area contributed by atoms with Crippen LogP contribution in [0.3, 0.4) is 0 Å². The Bertz CT molecular complexity index is 671. The number of hydrogen-bond acceptors (Lipinski definition) is 6. The second-order valence-corrected chi connectivity index (χ2v) is 9.82. The van der Waals surface area contributed by atoms with E-state index >= 15 is 0 Å². The van der Waals surface area contributed by atoms with Gasteiger partial charge in [0, 0.05) is 31.1 Å². The third kappa shape index (κ3) is 3.07. The molecule has 8 heteroatoms. The first-order chi connectivity index (χ1) is 11.1. The van der Waals surface area contributed by atoms with Crippen LogP contribution in [0.4, 0.5) is 0 Å². The minimum absolute atomic E-state index is 0.0312. The molecule has 3 aliphatic rings. The zero-order valence-corrected chi connectivity index (χ0v) is 15.0. The minimum Gasteiger partial charge on any atom is -0.375 e. The fourth-order valence-corrected chi connectivity index (χ4v) is 6.45. The van der Waals surface area contributed by atoms with E-state index in [9.17, 15) is 8.42 Å². The molecule has 1 aromatic rings. The third-order valence-corrected chi connectivity index (χ3v) is 8.44. The number of ether oxygens (including phenoxy) is 1. The lowest BCUT2D eigenvalue weighted by Gasteiger charge is -2.46. The Morgan fingerprint density at radius 3 is 2.87 bits per heavy atom. The van der Waals surface area contributed by atoms with Crippen molar-refractivity contribution in [1.82, 2.24) is 14.2 Å². The molecular weight excluding hydrogens is 334 g/mol. The standard InChI is InChI=1S/C15H23N3O3S2/c1-11-15(22-10-16-11)9-17-5-4-14-13(8-17)18(6-7-21-14)23(19,20)12-2-3-12/h10,12-14H,2-9H2,1H3/t13-,14-/m0/s1. The molecule has 3 heterocycles. The lowest BCUT2D eigenvalue weighted by molar-refractivity contribution is -0.0769. The monoisotopic (exact) mass is 357 g/mol. The molecule has 4 rings (SSSR count). The fraction of sp³-hybridized carbons (Fsp3) is 0.800. The van der Waals surface area contributed by atoms with Gasteiger partial charge in [0.2, 0.25) is 10.0 Å². The highest BCUT2D eigenvalue weighted by Gasteiger charge is 2.47. The Morgan fingerprint density at radius 1 is 1.35 bits per heavy atom. The molecule has 6 nitrogen and oxygen atoms in total. The first kappa shape index (κ1) is 16.0. The van der Waals surface area contributed by atoms with E-state index in [4.69, 9.17) is 4.74 Å². The van der Waals surface area contributed by atoms with Crippen molar-refractivity contribution in [2.75, 3.05) is 26.2 Å². The number of nitrogens with zero attached hydrogens (tertiary/aromatic N) is 3. The number of likely N-dealkylation sites (tertiary alicyclic amines) is 1. The molecule has 0 aromatic carbocycles. The molecule has 2 saturated heterocycles. The summed E-state index contributed by atoms with van der Waals surface area (Å²) in [5.74, 6) is 0. The van der Waals surface area contributed by atoms with Crippen LogP contribution in [0.1, 0.15) is 29.8 Å². The average molecular weight is 358 g/mol. The van der Waals surface area contributed by atoms with Crippen LogP contribution in [0.5, 0.6) is 0 Å². The molecule has 23 heavy (non-hydrogen) atoms. The Hall–Kier alpha value is -0.540. The minimum atomic E-state index is -3.14. The number of piperidine rings is 1. The second kappa shape index (κ2) is 6.07. The average Bonchev–Trinajstić information content (AvgIpc) is 3.33. The predicted molar refractivity (Wildman–Crippen MR) is 88.9 cm³/mol. The molecule has 128 valence electrons. The van der Waals surface area contributed by atoms with Crippen LogP contribution in [-0.2, 0) is 21.3 Å². The molecule has 1 aliphatic carbocycles. The maximum Gasteiger partial charge on any atom is 0.217 e. The molecule has 0 N–H and O–H groups in total. The summed E-state index contributed by atoms with van der Waals surface area (Å²) < 4.78 is 33.1. The summed E-state index contributed by atoms with van der Waals surface area (Å²) >= 11 is 1.68. The van der Waals surface area contributed by atoms with Crippen molar-refractivity contribution in [1.29, 1.82) is 0 Å². The van der Waals surface area contributed by atoms with Gasteiger partial charge in [-0.25, -0.2) is 13.4 Å². The quantitative estimate of drug-likeness (QED) is 0.811. The summed E-state index contributed by atoms with van der Waals surface area (Å²) in [5.41, 5.74) is 2.96. The maximum atomic E-state index is 12.7. The van der Waals surface area contributed by atoms with Gasteiger partial charge in [0.25, 0.3) is 0 Å². The van der Waals surface area contributed by atoms with Gasteiger partial charge in [0.05, 0.1) is 35.2 Å². The lowest BCUT2D eigenvalue weighted by Crippen LogP contribution is -2.61. The summed E-state index contributed by atoms with van der Waals surface area (Å²) in [4.78, 5) is 7.94. The van der Waals surface area contributed by atoms with Crippen LogP contribution >= 0.6 is 11.3 Å². The number of hydrogen-bond donors (Lipinski definition) is 0. The van der Waals surface area contributed by atoms with Crippen LogP contribution in [0.15, 0.2) is 5.51 Å². The Balaban J connectivity index is 1.50. The van der Waals surface area contributed by atoms with Crippen molar-refractivity contribution in [3.8, 4) is 0 Å². The molecule has 2 aliphatic heterocycles. The molecule has 1 aromatic heterocycles. The smallest absolute Gasteiger partial charge is 0.217 e. The summed E-state index contributed by atoms with van der Waals surface area (Å²) in [6, 6.07) is -0.0312. The highest BCUT2D eigenvalue weighted by atomic mass is 32.2. The Kier molecular flexibility index (Phi) is 4.21. The molecular formula is C15H23N3O3S2. The normalized spacial score (nSPS) is 30.3. The predicted octanol–water partition coefficient (Wildman–Crippen LogP) is 1.22. The summed E-state index contributed by atoms with van der Waals surface area (Å²) in [5, 5.41) is -0.139. The topological polar surface area (TPSA) is 62.7 Å². The van der Waals surface area contributed by atoms with Crippen LogP contribution in [0.2, 0.25) is 0 Å². The SMILES string of the molecule is Cc1ncsc1CN1CC[C@@H]2OCCN(S(=O)(=O)C3CC3)[C@H]2C1. The maximum absolute atomic E-state index is 12.7. The first-order valence-corrected chi connectivity index (χ1v) is 10.7. The van der Waals surface area contributed by atoms with Gasteiger partial charge in [-0.15, -0.1) is 11.3 Å². The van der Waals surface area contributed by atoms with Gasteiger partial charge in [-0.05, 0) is 26.2 Å². The van der Waals surface area contributed by atoms with Gasteiger partial charge in [0.15, 0.2) is 0 Å². The molecule has 3 fully saturated rings. The molecule has 2 atom stereocenters. The van der Waals surface area contributed by atoms with Crippen LogP contribution in [0.25, 0.3) is 0 Å². The van der Waals surface area contributed by atoms with E-state index in [0.29, 0.717) is 13.2 Å². The highest BCUT2D eigenvalue weighted by molar-refractivity contribution is 7.90. The van der Waals surface area contributed by atoms with Gasteiger partial charge < -0.3 is 4.74 Å². The van der Waals surface area contributed by atoms with Crippen LogP contribution in [0, 0.1) is 6.92 Å². The van der Waals surface area contributed by atoms with Crippen molar-refractivity contribution >= 4 is 21.4 Å². The summed E-state index contributed by atoms with van der Waals surface area (Å²) in [7, 11) is -3.14. The van der Waals surface area contributed by atoms with Gasteiger partial charge in [0.1, 0.15) is 0 Å². The van der Waals surface area contributed by atoms with E-state index in [1.54, 1.807) is 15.6 Å². The summed E-state index contributed by atoms with van der Waals surface area (Å²) in [6.07, 6.45) is 2.59. The molecule has 0 spiro atoms. The van der Waals surface area contributed by atoms with Gasteiger partial charge >= 0.3 is 0 Å². The van der Waals surface area contributed by atoms with Gasteiger partial charge in [-0.3, -0.25) is 4.90 Å². The van der Waals surface area contributed by atoms with Crippen molar-refractivity contribution in [2.24, 2.45) is 0 Å². The van der Waals surface area contributed by atoms with E-state index in [2.05, 4.69) is 9.88 Å². The van der Waals surface area contributed by atoms with E-state index in [1.807, 2.05) is 12.4 Å². The zero-order chi connectivity index (χ0) is 16.0. The number of thiazole rings is 1. The van der Waals surface area contributed by atoms with Crippen molar-refractivity contribution in [3.63, 3.8) is 0 Å². The van der Waals surface area contributed by atoms with E-state index in [1.165, 1.54) is 4.88 Å². The van der Waals surface area contributed by atoms with E-state index in [0.717, 1.165) is 44.6 Å². The highest BCUT2D eigenvalue weighted by Crippen LogP contribution is 2.35. The number of rotatable bonds is 4. The zero-order valence-electron chi connectivity index (χ0n) is 13.3. The molecule has 0 amide bonds. The number of fused-ring (bicyclic) bond motifs is 1. The second-order valence-electron chi connectivity index (χ2n) is 6.72. The van der Waals surface area contributed by atoms with E-state index < -0.39 is 10.0 Å². The molecule has 0 unspecified atom stereocenters. The molecule has 1 saturated carbocycles. The first-order valence-electron chi connectivity index (χ1n) is 8.29. The van der Waals surface area contributed by atoms with Gasteiger partial charge in [-0.2, -0.15) is 4.31 Å². The number of sulfonamides is 1. The molecule has 0 radical (unpaired) electrons. The van der Waals surface area contributed by atoms with Gasteiger partial charge in [-0.1, -0.05) is 0 Å². The Labute approximate surface area is 141 Å². The Morgan fingerprint density at radius 2 is 2.17 bits per heavy atom. The largest absolute Gasteiger partial charge is 0.375 e. The number of aromatic nitrogens is 1. The summed E-state index contributed by atoms with van der Waals surface area (Å²) in [6.45, 7) is 5.64. The van der Waals surface area contributed by atoms with Crippen molar-refractivity contribution in [2.45, 2.75) is 50.1 Å². The number of aryl methyl sites for hydroxylation is 1. The van der Waals surface area contributed by atoms with Crippen LogP contribution in [-0.4, -0.2) is 66.2 Å². The number of morpholine rings is 1. The lowest BCUT2D eigenvalue weighted by atomic mass is 10.0. The van der Waals surface area contributed by atoms with Crippen molar-refractivity contribution in [3.05, 3.63) is 16.1 Å². The third-order valence-electron chi connectivity index (χ3n) is 5.10. The van der Waals surface area contributed by atoms with Crippen LogP contribution < -0.4 is 0 Å².